The van der Waals surface area contributed by atoms with Gasteiger partial charge in [0.1, 0.15) is 5.75 Å². The van der Waals surface area contributed by atoms with E-state index in [2.05, 4.69) is 21.8 Å². The largest absolute Gasteiger partial charge is 0.494 e. The molecule has 0 atom stereocenters. The van der Waals surface area contributed by atoms with E-state index in [9.17, 15) is 0 Å². The molecular weight excluding hydrogens is 226 g/mol. The van der Waals surface area contributed by atoms with Gasteiger partial charge in [-0.05, 0) is 37.6 Å². The highest BCUT2D eigenvalue weighted by Crippen LogP contribution is 2.19. The average Bonchev–Trinajstić information content (AvgIpc) is 2.80. The molecule has 0 fully saturated rings. The molecule has 0 saturated heterocycles. The summed E-state index contributed by atoms with van der Waals surface area (Å²) in [5.41, 5.74) is 1.02. The van der Waals surface area contributed by atoms with Crippen LogP contribution in [0.25, 0.3) is 0 Å². The molecule has 0 amide bonds. The van der Waals surface area contributed by atoms with Gasteiger partial charge in [-0.2, -0.15) is 0 Å². The van der Waals surface area contributed by atoms with E-state index in [1.54, 1.807) is 0 Å². The lowest BCUT2D eigenvalue weighted by Gasteiger charge is -2.09. The van der Waals surface area contributed by atoms with Crippen molar-refractivity contribution in [3.8, 4) is 5.75 Å². The molecule has 2 aromatic rings. The molecule has 0 radical (unpaired) electrons. The molecule has 0 bridgehead atoms. The average molecular weight is 245 g/mol. The van der Waals surface area contributed by atoms with Gasteiger partial charge < -0.3 is 14.6 Å². The molecule has 96 valence electrons. The Morgan fingerprint density at radius 1 is 1.22 bits per heavy atom. The molecule has 0 aliphatic carbocycles. The van der Waals surface area contributed by atoms with Crippen molar-refractivity contribution in [1.82, 2.24) is 9.55 Å². The van der Waals surface area contributed by atoms with Crippen molar-refractivity contribution in [2.75, 3.05) is 11.9 Å². The Bertz CT molecular complexity index is 476. The molecule has 0 spiro atoms. The molecular formula is C14H19N3O. The van der Waals surface area contributed by atoms with Crippen molar-refractivity contribution >= 4 is 11.6 Å². The zero-order valence-corrected chi connectivity index (χ0v) is 10.9. The first-order chi connectivity index (χ1) is 8.83. The second-order valence-corrected chi connectivity index (χ2v) is 4.03. The SMILES string of the molecule is CCCn1ccnc1Nc1ccc(OCC)cc1. The third-order valence-electron chi connectivity index (χ3n) is 2.60. The number of aryl methyl sites for hydroxylation is 1. The van der Waals surface area contributed by atoms with Crippen molar-refractivity contribution in [2.24, 2.45) is 0 Å². The van der Waals surface area contributed by atoms with Crippen LogP contribution in [0.5, 0.6) is 5.75 Å². The van der Waals surface area contributed by atoms with Crippen LogP contribution >= 0.6 is 0 Å². The standard InChI is InChI=1S/C14H19N3O/c1-3-10-17-11-9-15-14(17)16-12-5-7-13(8-6-12)18-4-2/h5-9,11H,3-4,10H2,1-2H3,(H,15,16). The number of hydrogen-bond acceptors (Lipinski definition) is 3. The maximum absolute atomic E-state index is 5.41. The van der Waals surface area contributed by atoms with E-state index in [1.165, 1.54) is 0 Å². The van der Waals surface area contributed by atoms with E-state index in [-0.39, 0.29) is 0 Å². The lowest BCUT2D eigenvalue weighted by molar-refractivity contribution is 0.340. The Labute approximate surface area is 108 Å². The maximum Gasteiger partial charge on any atom is 0.207 e. The molecule has 0 aliphatic heterocycles. The lowest BCUT2D eigenvalue weighted by atomic mass is 10.3. The van der Waals surface area contributed by atoms with Crippen molar-refractivity contribution in [1.29, 1.82) is 0 Å². The van der Waals surface area contributed by atoms with Gasteiger partial charge in [-0.1, -0.05) is 6.92 Å². The van der Waals surface area contributed by atoms with E-state index in [1.807, 2.05) is 43.6 Å². The molecule has 0 unspecified atom stereocenters. The molecule has 0 aliphatic rings. The Morgan fingerprint density at radius 2 is 2.00 bits per heavy atom. The topological polar surface area (TPSA) is 39.1 Å². The van der Waals surface area contributed by atoms with Gasteiger partial charge in [-0.25, -0.2) is 4.98 Å². The minimum Gasteiger partial charge on any atom is -0.494 e. The lowest BCUT2D eigenvalue weighted by Crippen LogP contribution is -2.02. The summed E-state index contributed by atoms with van der Waals surface area (Å²) < 4.78 is 7.52. The summed E-state index contributed by atoms with van der Waals surface area (Å²) in [4.78, 5) is 4.31. The van der Waals surface area contributed by atoms with Gasteiger partial charge in [0.05, 0.1) is 6.61 Å². The first-order valence-corrected chi connectivity index (χ1v) is 6.34. The van der Waals surface area contributed by atoms with Crippen molar-refractivity contribution in [2.45, 2.75) is 26.8 Å². The number of rotatable bonds is 6. The second-order valence-electron chi connectivity index (χ2n) is 4.03. The van der Waals surface area contributed by atoms with Crippen molar-refractivity contribution in [3.05, 3.63) is 36.7 Å². The van der Waals surface area contributed by atoms with E-state index >= 15 is 0 Å². The zero-order valence-electron chi connectivity index (χ0n) is 10.9. The number of hydrogen-bond donors (Lipinski definition) is 1. The summed E-state index contributed by atoms with van der Waals surface area (Å²) in [5, 5.41) is 3.30. The minimum absolute atomic E-state index is 0.688. The molecule has 0 saturated carbocycles. The number of ether oxygens (including phenoxy) is 1. The fraction of sp³-hybridized carbons (Fsp3) is 0.357. The Balaban J connectivity index is 2.06. The quantitative estimate of drug-likeness (QED) is 0.847. The first kappa shape index (κ1) is 12.5. The van der Waals surface area contributed by atoms with E-state index < -0.39 is 0 Å². The summed E-state index contributed by atoms with van der Waals surface area (Å²) in [5.74, 6) is 1.76. The van der Waals surface area contributed by atoms with Gasteiger partial charge in [-0.15, -0.1) is 0 Å². The number of aromatic nitrogens is 2. The number of nitrogens with one attached hydrogen (secondary N) is 1. The van der Waals surface area contributed by atoms with E-state index in [4.69, 9.17) is 4.74 Å². The molecule has 2 rings (SSSR count). The highest BCUT2D eigenvalue weighted by Gasteiger charge is 2.02. The van der Waals surface area contributed by atoms with Crippen LogP contribution < -0.4 is 10.1 Å². The molecule has 1 aromatic heterocycles. The van der Waals surface area contributed by atoms with Crippen molar-refractivity contribution < 1.29 is 4.74 Å². The van der Waals surface area contributed by atoms with Crippen LogP contribution in [0, 0.1) is 0 Å². The predicted octanol–water partition coefficient (Wildman–Crippen LogP) is 3.44. The first-order valence-electron chi connectivity index (χ1n) is 6.34. The van der Waals surface area contributed by atoms with Crippen LogP contribution in [-0.2, 0) is 6.54 Å². The number of anilines is 2. The third kappa shape index (κ3) is 3.03. The maximum atomic E-state index is 5.41. The number of imidazole rings is 1. The smallest absolute Gasteiger partial charge is 0.207 e. The predicted molar refractivity (Wildman–Crippen MR) is 73.4 cm³/mol. The number of benzene rings is 1. The van der Waals surface area contributed by atoms with Gasteiger partial charge in [0.2, 0.25) is 5.95 Å². The highest BCUT2D eigenvalue weighted by molar-refractivity contribution is 5.54. The van der Waals surface area contributed by atoms with Gasteiger partial charge in [-0.3, -0.25) is 0 Å². The van der Waals surface area contributed by atoms with Gasteiger partial charge in [0, 0.05) is 24.6 Å². The van der Waals surface area contributed by atoms with E-state index in [0.717, 1.165) is 30.4 Å². The summed E-state index contributed by atoms with van der Waals surface area (Å²) in [7, 11) is 0. The van der Waals surface area contributed by atoms with Crippen LogP contribution in [0.1, 0.15) is 20.3 Å². The van der Waals surface area contributed by atoms with Crippen LogP contribution in [0.3, 0.4) is 0 Å². The third-order valence-corrected chi connectivity index (χ3v) is 2.60. The molecule has 4 nitrogen and oxygen atoms in total. The minimum atomic E-state index is 0.688. The normalized spacial score (nSPS) is 10.3. The monoisotopic (exact) mass is 245 g/mol. The molecule has 1 aromatic carbocycles. The van der Waals surface area contributed by atoms with Crippen LogP contribution in [-0.4, -0.2) is 16.2 Å². The Morgan fingerprint density at radius 3 is 2.67 bits per heavy atom. The zero-order chi connectivity index (χ0) is 12.8. The Kier molecular flexibility index (Phi) is 4.23. The fourth-order valence-electron chi connectivity index (χ4n) is 1.78. The van der Waals surface area contributed by atoms with Gasteiger partial charge in [0.15, 0.2) is 0 Å². The highest BCUT2D eigenvalue weighted by atomic mass is 16.5. The summed E-state index contributed by atoms with van der Waals surface area (Å²) in [6, 6.07) is 7.91. The van der Waals surface area contributed by atoms with Gasteiger partial charge >= 0.3 is 0 Å². The summed E-state index contributed by atoms with van der Waals surface area (Å²) >= 11 is 0. The molecule has 1 N–H and O–H groups in total. The second kappa shape index (κ2) is 6.10. The Hall–Kier alpha value is -1.97. The number of nitrogens with zero attached hydrogens (tertiary/aromatic N) is 2. The summed E-state index contributed by atoms with van der Waals surface area (Å²) in [6.07, 6.45) is 4.89. The molecule has 18 heavy (non-hydrogen) atoms. The van der Waals surface area contributed by atoms with Crippen LogP contribution in [0.2, 0.25) is 0 Å². The molecule has 1 heterocycles. The van der Waals surface area contributed by atoms with Gasteiger partial charge in [0.25, 0.3) is 0 Å². The van der Waals surface area contributed by atoms with Crippen molar-refractivity contribution in [3.63, 3.8) is 0 Å². The molecule has 4 heteroatoms. The van der Waals surface area contributed by atoms with Crippen LogP contribution in [0.4, 0.5) is 11.6 Å². The summed E-state index contributed by atoms with van der Waals surface area (Å²) in [6.45, 7) is 5.79. The van der Waals surface area contributed by atoms with E-state index in [0.29, 0.717) is 6.61 Å². The fourth-order valence-corrected chi connectivity index (χ4v) is 1.78. The van der Waals surface area contributed by atoms with Crippen LogP contribution in [0.15, 0.2) is 36.7 Å².